The molecular formula is C14H19BrN2OS. The maximum absolute atomic E-state index is 12.5. The lowest BCUT2D eigenvalue weighted by Gasteiger charge is -2.25. The Hall–Kier alpha value is -0.940. The van der Waals surface area contributed by atoms with E-state index in [1.54, 1.807) is 4.90 Å². The summed E-state index contributed by atoms with van der Waals surface area (Å²) in [5, 5.41) is 0. The number of hydrogen-bond donors (Lipinski definition) is 1. The molecule has 0 spiro atoms. The summed E-state index contributed by atoms with van der Waals surface area (Å²) in [6.07, 6.45) is 0. The number of carbonyl (C=O) groups is 1. The third-order valence-electron chi connectivity index (χ3n) is 3.08. The molecule has 0 bridgehead atoms. The van der Waals surface area contributed by atoms with Gasteiger partial charge in [-0.05, 0) is 31.5 Å². The molecule has 1 rings (SSSR count). The molecule has 0 aromatic heterocycles. The number of nitrogens with two attached hydrogens (primary N) is 1. The smallest absolute Gasteiger partial charge is 0.254 e. The SMILES string of the molecule is CCN(CC(C)C(N)=S)C(=O)c1cc(Br)ccc1C. The van der Waals surface area contributed by atoms with Crippen LogP contribution in [0, 0.1) is 12.8 Å². The minimum Gasteiger partial charge on any atom is -0.393 e. The highest BCUT2D eigenvalue weighted by Gasteiger charge is 2.19. The number of nitrogens with zero attached hydrogens (tertiary/aromatic N) is 1. The minimum absolute atomic E-state index is 0.0180. The summed E-state index contributed by atoms with van der Waals surface area (Å²) < 4.78 is 0.903. The van der Waals surface area contributed by atoms with Gasteiger partial charge in [-0.25, -0.2) is 0 Å². The molecule has 0 saturated carbocycles. The Morgan fingerprint density at radius 2 is 2.16 bits per heavy atom. The number of carbonyl (C=O) groups excluding carboxylic acids is 1. The lowest BCUT2D eigenvalue weighted by atomic mass is 10.1. The predicted molar refractivity (Wildman–Crippen MR) is 86.4 cm³/mol. The van der Waals surface area contributed by atoms with Crippen LogP contribution in [-0.2, 0) is 0 Å². The van der Waals surface area contributed by atoms with Crippen molar-refractivity contribution in [3.63, 3.8) is 0 Å². The average Bonchev–Trinajstić information content (AvgIpc) is 2.37. The van der Waals surface area contributed by atoms with Gasteiger partial charge in [0.05, 0.1) is 4.99 Å². The fourth-order valence-electron chi connectivity index (χ4n) is 1.77. The van der Waals surface area contributed by atoms with Crippen LogP contribution in [0.15, 0.2) is 22.7 Å². The molecule has 19 heavy (non-hydrogen) atoms. The van der Waals surface area contributed by atoms with Crippen molar-refractivity contribution in [3.8, 4) is 0 Å². The second-order valence-electron chi connectivity index (χ2n) is 4.61. The van der Waals surface area contributed by atoms with Crippen LogP contribution in [0.1, 0.15) is 29.8 Å². The Balaban J connectivity index is 2.95. The van der Waals surface area contributed by atoms with Gasteiger partial charge in [-0.2, -0.15) is 0 Å². The monoisotopic (exact) mass is 342 g/mol. The highest BCUT2D eigenvalue weighted by Crippen LogP contribution is 2.18. The standard InChI is InChI=1S/C14H19BrN2OS/c1-4-17(8-10(3)13(16)19)14(18)12-7-11(15)6-5-9(12)2/h5-7,10H,4,8H2,1-3H3,(H2,16,19). The van der Waals surface area contributed by atoms with E-state index in [9.17, 15) is 4.79 Å². The second-order valence-corrected chi connectivity index (χ2v) is 5.99. The third kappa shape index (κ3) is 4.28. The van der Waals surface area contributed by atoms with E-state index in [2.05, 4.69) is 15.9 Å². The van der Waals surface area contributed by atoms with Crippen LogP contribution in [0.3, 0.4) is 0 Å². The zero-order valence-corrected chi connectivity index (χ0v) is 13.8. The molecule has 5 heteroatoms. The fourth-order valence-corrected chi connectivity index (χ4v) is 2.21. The van der Waals surface area contributed by atoms with Gasteiger partial charge in [0, 0.05) is 29.0 Å². The zero-order valence-electron chi connectivity index (χ0n) is 11.4. The molecule has 3 nitrogen and oxygen atoms in total. The van der Waals surface area contributed by atoms with Gasteiger partial charge in [-0.3, -0.25) is 4.79 Å². The van der Waals surface area contributed by atoms with Gasteiger partial charge in [-0.15, -0.1) is 0 Å². The van der Waals surface area contributed by atoms with Crippen LogP contribution in [0.5, 0.6) is 0 Å². The van der Waals surface area contributed by atoms with E-state index in [1.165, 1.54) is 0 Å². The maximum atomic E-state index is 12.5. The molecular weight excluding hydrogens is 324 g/mol. The Labute approximate surface area is 128 Å². The molecule has 1 amide bonds. The highest BCUT2D eigenvalue weighted by molar-refractivity contribution is 9.10. The lowest BCUT2D eigenvalue weighted by molar-refractivity contribution is 0.0754. The van der Waals surface area contributed by atoms with E-state index in [0.717, 1.165) is 10.0 Å². The molecule has 1 atom stereocenters. The van der Waals surface area contributed by atoms with E-state index >= 15 is 0 Å². The molecule has 104 valence electrons. The molecule has 0 aliphatic rings. The fraction of sp³-hybridized carbons (Fsp3) is 0.429. The van der Waals surface area contributed by atoms with Crippen molar-refractivity contribution >= 4 is 39.0 Å². The Morgan fingerprint density at radius 1 is 1.53 bits per heavy atom. The zero-order chi connectivity index (χ0) is 14.6. The predicted octanol–water partition coefficient (Wildman–Crippen LogP) is 3.14. The van der Waals surface area contributed by atoms with Crippen molar-refractivity contribution in [2.24, 2.45) is 11.7 Å². The summed E-state index contributed by atoms with van der Waals surface area (Å²) in [5.74, 6) is 0.0377. The number of amides is 1. The first kappa shape index (κ1) is 16.1. The van der Waals surface area contributed by atoms with Crippen molar-refractivity contribution in [2.75, 3.05) is 13.1 Å². The number of rotatable bonds is 5. The average molecular weight is 343 g/mol. The molecule has 0 fully saturated rings. The van der Waals surface area contributed by atoms with Crippen LogP contribution < -0.4 is 5.73 Å². The van der Waals surface area contributed by atoms with Crippen molar-refractivity contribution in [1.29, 1.82) is 0 Å². The van der Waals surface area contributed by atoms with Gasteiger partial charge in [0.15, 0.2) is 0 Å². The Kier molecular flexibility index (Phi) is 5.94. The first-order valence-electron chi connectivity index (χ1n) is 6.21. The lowest BCUT2D eigenvalue weighted by Crippen LogP contribution is -2.38. The molecule has 0 radical (unpaired) electrons. The van der Waals surface area contributed by atoms with Crippen molar-refractivity contribution in [2.45, 2.75) is 20.8 Å². The van der Waals surface area contributed by atoms with Crippen LogP contribution in [0.2, 0.25) is 0 Å². The maximum Gasteiger partial charge on any atom is 0.254 e. The Morgan fingerprint density at radius 3 is 2.68 bits per heavy atom. The third-order valence-corrected chi connectivity index (χ3v) is 3.97. The van der Waals surface area contributed by atoms with Gasteiger partial charge in [-0.1, -0.05) is 41.1 Å². The number of halogens is 1. The number of hydrogen-bond acceptors (Lipinski definition) is 2. The quantitative estimate of drug-likeness (QED) is 0.836. The largest absolute Gasteiger partial charge is 0.393 e. The molecule has 0 heterocycles. The minimum atomic E-state index is 0.0180. The summed E-state index contributed by atoms with van der Waals surface area (Å²) in [5.41, 5.74) is 7.30. The van der Waals surface area contributed by atoms with E-state index < -0.39 is 0 Å². The summed E-state index contributed by atoms with van der Waals surface area (Å²) in [7, 11) is 0. The molecule has 0 aliphatic carbocycles. The van der Waals surface area contributed by atoms with E-state index in [-0.39, 0.29) is 11.8 Å². The summed E-state index contributed by atoms with van der Waals surface area (Å²) >= 11 is 8.36. The van der Waals surface area contributed by atoms with E-state index in [0.29, 0.717) is 23.6 Å². The molecule has 0 saturated heterocycles. The van der Waals surface area contributed by atoms with Gasteiger partial charge < -0.3 is 10.6 Å². The van der Waals surface area contributed by atoms with E-state index in [4.69, 9.17) is 18.0 Å². The summed E-state index contributed by atoms with van der Waals surface area (Å²) in [4.78, 5) is 14.7. The van der Waals surface area contributed by atoms with Gasteiger partial charge in [0.1, 0.15) is 0 Å². The normalized spacial score (nSPS) is 12.0. The first-order chi connectivity index (χ1) is 8.86. The van der Waals surface area contributed by atoms with E-state index in [1.807, 2.05) is 39.0 Å². The van der Waals surface area contributed by atoms with Crippen LogP contribution in [0.25, 0.3) is 0 Å². The summed E-state index contributed by atoms with van der Waals surface area (Å²) in [6, 6.07) is 5.72. The summed E-state index contributed by atoms with van der Waals surface area (Å²) in [6.45, 7) is 7.02. The number of benzene rings is 1. The topological polar surface area (TPSA) is 46.3 Å². The molecule has 0 aliphatic heterocycles. The van der Waals surface area contributed by atoms with Crippen LogP contribution in [-0.4, -0.2) is 28.9 Å². The molecule has 1 aromatic carbocycles. The van der Waals surface area contributed by atoms with Crippen molar-refractivity contribution in [1.82, 2.24) is 4.90 Å². The van der Waals surface area contributed by atoms with Gasteiger partial charge >= 0.3 is 0 Å². The van der Waals surface area contributed by atoms with Crippen LogP contribution in [0.4, 0.5) is 0 Å². The number of aryl methyl sites for hydroxylation is 1. The Bertz CT molecular complexity index is 490. The van der Waals surface area contributed by atoms with Gasteiger partial charge in [0.2, 0.25) is 0 Å². The van der Waals surface area contributed by atoms with Crippen LogP contribution >= 0.6 is 28.1 Å². The molecule has 1 unspecified atom stereocenters. The van der Waals surface area contributed by atoms with Crippen molar-refractivity contribution in [3.05, 3.63) is 33.8 Å². The molecule has 1 aromatic rings. The first-order valence-corrected chi connectivity index (χ1v) is 7.41. The second kappa shape index (κ2) is 7.01. The van der Waals surface area contributed by atoms with Crippen molar-refractivity contribution < 1.29 is 4.79 Å². The highest BCUT2D eigenvalue weighted by atomic mass is 79.9. The van der Waals surface area contributed by atoms with Gasteiger partial charge in [0.25, 0.3) is 5.91 Å². The molecule has 2 N–H and O–H groups in total. The number of thiocarbonyl (C=S) groups is 1.